The van der Waals surface area contributed by atoms with Crippen molar-refractivity contribution >= 4 is 5.97 Å². The summed E-state index contributed by atoms with van der Waals surface area (Å²) in [5, 5.41) is 0. The van der Waals surface area contributed by atoms with Crippen molar-refractivity contribution in [2.75, 3.05) is 7.05 Å². The van der Waals surface area contributed by atoms with E-state index in [1.807, 2.05) is 0 Å². The third-order valence-corrected chi connectivity index (χ3v) is 0.574. The molecule has 0 unspecified atom stereocenters. The van der Waals surface area contributed by atoms with Crippen LogP contribution in [-0.4, -0.2) is 19.1 Å². The fraction of sp³-hybridized carbons (Fsp3) is 0.750. The van der Waals surface area contributed by atoms with E-state index in [2.05, 4.69) is 10.3 Å². The zero-order valence-corrected chi connectivity index (χ0v) is 4.97. The average molecular weight is 118 g/mol. The molecule has 0 aromatic rings. The molecule has 0 bridgehead atoms. The molecule has 0 spiro atoms. The van der Waals surface area contributed by atoms with Crippen molar-refractivity contribution in [1.29, 1.82) is 0 Å². The lowest BCUT2D eigenvalue weighted by Gasteiger charge is -2.01. The molecule has 0 radical (unpaired) electrons. The van der Waals surface area contributed by atoms with Crippen molar-refractivity contribution in [3.8, 4) is 0 Å². The van der Waals surface area contributed by atoms with Crippen LogP contribution in [0.1, 0.15) is 6.92 Å². The standard InChI is InChI=1S/C4H10N2O2/c1-3(5)4(7)8-6-2/h3,6H,5H2,1-2H3/t3-/m0/s1. The predicted molar refractivity (Wildman–Crippen MR) is 28.8 cm³/mol. The average Bonchev–Trinajstić information content (AvgIpc) is 1.67. The molecule has 0 aromatic carbocycles. The van der Waals surface area contributed by atoms with Crippen molar-refractivity contribution in [3.05, 3.63) is 0 Å². The molecule has 0 amide bonds. The fourth-order valence-electron chi connectivity index (χ4n) is 0.194. The maximum absolute atomic E-state index is 10.3. The Kier molecular flexibility index (Phi) is 3.14. The van der Waals surface area contributed by atoms with Crippen LogP contribution < -0.4 is 11.2 Å². The van der Waals surface area contributed by atoms with E-state index in [0.29, 0.717) is 0 Å². The maximum atomic E-state index is 10.3. The molecule has 0 aliphatic rings. The van der Waals surface area contributed by atoms with Gasteiger partial charge in [-0.05, 0) is 6.92 Å². The van der Waals surface area contributed by atoms with Gasteiger partial charge in [0.05, 0.1) is 0 Å². The highest BCUT2D eigenvalue weighted by molar-refractivity contribution is 5.74. The molecular weight excluding hydrogens is 108 g/mol. The van der Waals surface area contributed by atoms with Crippen LogP contribution in [-0.2, 0) is 9.63 Å². The number of carbonyl (C=O) groups is 1. The number of hydrogen-bond acceptors (Lipinski definition) is 4. The number of nitrogens with two attached hydrogens (primary N) is 1. The van der Waals surface area contributed by atoms with E-state index in [-0.39, 0.29) is 0 Å². The summed E-state index contributed by atoms with van der Waals surface area (Å²) in [5.74, 6) is -0.451. The van der Waals surface area contributed by atoms with Crippen LogP contribution in [0.5, 0.6) is 0 Å². The van der Waals surface area contributed by atoms with Crippen LogP contribution in [0, 0.1) is 0 Å². The lowest BCUT2D eigenvalue weighted by molar-refractivity contribution is -0.151. The van der Waals surface area contributed by atoms with Crippen molar-refractivity contribution < 1.29 is 9.63 Å². The fourth-order valence-corrected chi connectivity index (χ4v) is 0.194. The Balaban J connectivity index is 3.33. The summed E-state index contributed by atoms with van der Waals surface area (Å²) in [6.07, 6.45) is 0. The molecule has 1 atom stereocenters. The molecule has 0 aliphatic carbocycles. The van der Waals surface area contributed by atoms with Crippen LogP contribution in [0.4, 0.5) is 0 Å². The van der Waals surface area contributed by atoms with Gasteiger partial charge in [-0.15, -0.1) is 0 Å². The summed E-state index contributed by atoms with van der Waals surface area (Å²) in [4.78, 5) is 14.6. The molecule has 0 saturated carbocycles. The molecular formula is C4H10N2O2. The van der Waals surface area contributed by atoms with Crippen LogP contribution in [0.25, 0.3) is 0 Å². The minimum Gasteiger partial charge on any atom is -0.370 e. The van der Waals surface area contributed by atoms with Gasteiger partial charge in [0.1, 0.15) is 6.04 Å². The van der Waals surface area contributed by atoms with Crippen molar-refractivity contribution in [2.24, 2.45) is 5.73 Å². The van der Waals surface area contributed by atoms with E-state index >= 15 is 0 Å². The van der Waals surface area contributed by atoms with Gasteiger partial charge in [-0.25, -0.2) is 4.79 Å². The second-order valence-corrected chi connectivity index (χ2v) is 1.41. The zero-order chi connectivity index (χ0) is 6.57. The quantitative estimate of drug-likeness (QED) is 0.457. The lowest BCUT2D eigenvalue weighted by Crippen LogP contribution is -2.31. The Morgan fingerprint density at radius 3 is 2.50 bits per heavy atom. The van der Waals surface area contributed by atoms with Crippen molar-refractivity contribution in [2.45, 2.75) is 13.0 Å². The molecule has 3 N–H and O–H groups in total. The van der Waals surface area contributed by atoms with Crippen molar-refractivity contribution in [3.63, 3.8) is 0 Å². The summed E-state index contributed by atoms with van der Waals surface area (Å²) in [6, 6.07) is -0.553. The minimum atomic E-state index is -0.553. The van der Waals surface area contributed by atoms with E-state index in [9.17, 15) is 4.79 Å². The van der Waals surface area contributed by atoms with Gasteiger partial charge in [-0.2, -0.15) is 5.48 Å². The van der Waals surface area contributed by atoms with E-state index in [0.717, 1.165) is 0 Å². The van der Waals surface area contributed by atoms with Crippen LogP contribution >= 0.6 is 0 Å². The first-order valence-electron chi connectivity index (χ1n) is 2.31. The Labute approximate surface area is 48.0 Å². The van der Waals surface area contributed by atoms with Crippen LogP contribution in [0.2, 0.25) is 0 Å². The van der Waals surface area contributed by atoms with Crippen molar-refractivity contribution in [1.82, 2.24) is 5.48 Å². The Hall–Kier alpha value is -0.610. The van der Waals surface area contributed by atoms with Gasteiger partial charge in [-0.1, -0.05) is 0 Å². The predicted octanol–water partition coefficient (Wildman–Crippen LogP) is -0.989. The van der Waals surface area contributed by atoms with Gasteiger partial charge in [0, 0.05) is 7.05 Å². The molecule has 0 saturated heterocycles. The first kappa shape index (κ1) is 7.39. The Morgan fingerprint density at radius 2 is 2.38 bits per heavy atom. The van der Waals surface area contributed by atoms with Gasteiger partial charge in [0.2, 0.25) is 0 Å². The molecule has 0 aliphatic heterocycles. The van der Waals surface area contributed by atoms with Gasteiger partial charge in [-0.3, -0.25) is 0 Å². The molecule has 48 valence electrons. The summed E-state index contributed by atoms with van der Waals surface area (Å²) >= 11 is 0. The first-order valence-corrected chi connectivity index (χ1v) is 2.31. The third-order valence-electron chi connectivity index (χ3n) is 0.574. The van der Waals surface area contributed by atoms with Gasteiger partial charge in [0.25, 0.3) is 0 Å². The molecule has 0 aromatic heterocycles. The molecule has 4 heteroatoms. The second kappa shape index (κ2) is 3.40. The zero-order valence-electron chi connectivity index (χ0n) is 4.97. The number of nitrogens with one attached hydrogen (secondary N) is 1. The third kappa shape index (κ3) is 2.54. The van der Waals surface area contributed by atoms with Crippen LogP contribution in [0.15, 0.2) is 0 Å². The van der Waals surface area contributed by atoms with E-state index in [1.54, 1.807) is 6.92 Å². The number of hydroxylamine groups is 1. The smallest absolute Gasteiger partial charge is 0.341 e. The molecule has 8 heavy (non-hydrogen) atoms. The van der Waals surface area contributed by atoms with E-state index < -0.39 is 12.0 Å². The molecule has 0 fully saturated rings. The van der Waals surface area contributed by atoms with Gasteiger partial charge in [0.15, 0.2) is 0 Å². The summed E-state index contributed by atoms with van der Waals surface area (Å²) < 4.78 is 0. The largest absolute Gasteiger partial charge is 0.370 e. The Morgan fingerprint density at radius 1 is 1.88 bits per heavy atom. The number of rotatable bonds is 2. The maximum Gasteiger partial charge on any atom is 0.341 e. The Bertz CT molecular complexity index is 82.1. The molecule has 0 rings (SSSR count). The monoisotopic (exact) mass is 118 g/mol. The van der Waals surface area contributed by atoms with E-state index in [1.165, 1.54) is 7.05 Å². The molecule has 4 nitrogen and oxygen atoms in total. The number of carbonyl (C=O) groups excluding carboxylic acids is 1. The summed E-state index contributed by atoms with van der Waals surface area (Å²) in [7, 11) is 1.50. The highest BCUT2D eigenvalue weighted by atomic mass is 16.7. The highest BCUT2D eigenvalue weighted by Gasteiger charge is 2.06. The number of hydrogen-bond donors (Lipinski definition) is 2. The SMILES string of the molecule is CNOC(=O)[C@H](C)N. The normalized spacial score (nSPS) is 12.9. The first-order chi connectivity index (χ1) is 3.68. The van der Waals surface area contributed by atoms with Gasteiger partial charge >= 0.3 is 5.97 Å². The second-order valence-electron chi connectivity index (χ2n) is 1.41. The topological polar surface area (TPSA) is 64.3 Å². The minimum absolute atomic E-state index is 0.451. The van der Waals surface area contributed by atoms with Gasteiger partial charge < -0.3 is 10.6 Å². The van der Waals surface area contributed by atoms with E-state index in [4.69, 9.17) is 5.73 Å². The lowest BCUT2D eigenvalue weighted by atomic mass is 10.4. The summed E-state index contributed by atoms with van der Waals surface area (Å²) in [5.41, 5.74) is 7.33. The molecule has 0 heterocycles. The summed E-state index contributed by atoms with van der Waals surface area (Å²) in [6.45, 7) is 1.56. The highest BCUT2D eigenvalue weighted by Crippen LogP contribution is 1.76. The van der Waals surface area contributed by atoms with Crippen LogP contribution in [0.3, 0.4) is 0 Å².